The van der Waals surface area contributed by atoms with E-state index in [0.29, 0.717) is 50.7 Å². The lowest BCUT2D eigenvalue weighted by atomic mass is 9.77. The molecule has 2 amide bonds. The van der Waals surface area contributed by atoms with Gasteiger partial charge in [0.2, 0.25) is 5.60 Å². The number of rotatable bonds is 11. The molecule has 3 aliphatic rings. The van der Waals surface area contributed by atoms with Crippen LogP contribution >= 0.6 is 11.3 Å². The smallest absolute Gasteiger partial charge is 0.418 e. The molecule has 10 nitrogen and oxygen atoms in total. The molecule has 1 saturated carbocycles. The molecule has 0 unspecified atom stereocenters. The monoisotopic (exact) mass is 752 g/mol. The van der Waals surface area contributed by atoms with Crippen molar-refractivity contribution in [2.75, 3.05) is 19.6 Å². The SMILES string of the molecule is [C-]#[N+]C1(c2ccccc2CO[C@H]2C[C@H](C(=O)O)C2)CCN(C(=O)[C@]2(Oc3csc(C)c3)CCCN(C(=O)c3ncccc3C(F)(F)F)[C@@H]2CCC)CC1. The zero-order valence-electron chi connectivity index (χ0n) is 29.7. The molecule has 6 rings (SSSR count). The Bertz CT molecular complexity index is 1860. The second kappa shape index (κ2) is 15.5. The third-order valence-electron chi connectivity index (χ3n) is 10.9. The number of piperidine rings is 2. The maximum atomic E-state index is 15.0. The van der Waals surface area contributed by atoms with E-state index in [9.17, 15) is 27.9 Å². The molecule has 4 heterocycles. The molecule has 2 aliphatic heterocycles. The average molecular weight is 753 g/mol. The first-order chi connectivity index (χ1) is 25.3. The highest BCUT2D eigenvalue weighted by Crippen LogP contribution is 2.44. The summed E-state index contributed by atoms with van der Waals surface area (Å²) in [5.41, 5.74) is -2.73. The number of carbonyl (C=O) groups is 3. The minimum Gasteiger partial charge on any atom is -0.481 e. The van der Waals surface area contributed by atoms with Crippen molar-refractivity contribution in [1.82, 2.24) is 14.8 Å². The van der Waals surface area contributed by atoms with Gasteiger partial charge in [-0.3, -0.25) is 19.4 Å². The van der Waals surface area contributed by atoms with Crippen molar-refractivity contribution in [1.29, 1.82) is 0 Å². The summed E-state index contributed by atoms with van der Waals surface area (Å²) in [6, 6.07) is 10.5. The van der Waals surface area contributed by atoms with Crippen LogP contribution in [0.4, 0.5) is 13.2 Å². The largest absolute Gasteiger partial charge is 0.481 e. The van der Waals surface area contributed by atoms with Gasteiger partial charge in [-0.05, 0) is 56.4 Å². The number of carbonyl (C=O) groups excluding carboxylic acids is 2. The van der Waals surface area contributed by atoms with Gasteiger partial charge in [-0.15, -0.1) is 11.3 Å². The van der Waals surface area contributed by atoms with Crippen molar-refractivity contribution >= 4 is 29.1 Å². The lowest BCUT2D eigenvalue weighted by Gasteiger charge is -2.50. The number of halogens is 3. The summed E-state index contributed by atoms with van der Waals surface area (Å²) in [7, 11) is 0. The van der Waals surface area contributed by atoms with Gasteiger partial charge in [-0.2, -0.15) is 13.2 Å². The molecule has 0 spiro atoms. The maximum Gasteiger partial charge on any atom is 0.418 e. The van der Waals surface area contributed by atoms with Gasteiger partial charge in [0.05, 0.1) is 30.2 Å². The quantitative estimate of drug-likeness (QED) is 0.202. The maximum absolute atomic E-state index is 15.0. The van der Waals surface area contributed by atoms with Crippen LogP contribution in [0.2, 0.25) is 0 Å². The fourth-order valence-electron chi connectivity index (χ4n) is 8.03. The Morgan fingerprint density at radius 3 is 2.47 bits per heavy atom. The number of alkyl halides is 3. The number of aryl methyl sites for hydroxylation is 1. The number of pyridine rings is 1. The Balaban J connectivity index is 1.28. The van der Waals surface area contributed by atoms with Gasteiger partial charge in [-0.25, -0.2) is 6.57 Å². The highest BCUT2D eigenvalue weighted by molar-refractivity contribution is 7.10. The van der Waals surface area contributed by atoms with Crippen LogP contribution in [0, 0.1) is 19.4 Å². The molecular weight excluding hydrogens is 710 g/mol. The molecule has 282 valence electrons. The van der Waals surface area contributed by atoms with Crippen molar-refractivity contribution in [3.63, 3.8) is 0 Å². The summed E-state index contributed by atoms with van der Waals surface area (Å²) in [5.74, 6) is -2.03. The average Bonchev–Trinajstić information content (AvgIpc) is 3.54. The van der Waals surface area contributed by atoms with E-state index in [4.69, 9.17) is 16.0 Å². The third-order valence-corrected chi connectivity index (χ3v) is 11.7. The number of aliphatic carboxylic acids is 1. The topological polar surface area (TPSA) is 114 Å². The first-order valence-corrected chi connectivity index (χ1v) is 18.9. The molecule has 0 bridgehead atoms. The fraction of sp³-hybridized carbons (Fsp3) is 0.513. The van der Waals surface area contributed by atoms with E-state index in [1.54, 1.807) is 10.3 Å². The van der Waals surface area contributed by atoms with Crippen LogP contribution < -0.4 is 4.74 Å². The number of amides is 2. The number of thiophene rings is 1. The van der Waals surface area contributed by atoms with Gasteiger partial charge in [0.25, 0.3) is 17.4 Å². The third kappa shape index (κ3) is 7.64. The van der Waals surface area contributed by atoms with Crippen molar-refractivity contribution in [2.45, 2.75) is 101 Å². The first kappa shape index (κ1) is 38.3. The minimum atomic E-state index is -4.80. The molecule has 53 heavy (non-hydrogen) atoms. The standard InChI is InChI=1S/C39H43F3N4O6S/c1-4-9-32-38(52-29-20-25(2)53-24-29,13-8-17-46(32)34(47)33-31(39(40,41)42)12-7-16-44-33)36(50)45-18-14-37(43-3,15-19-45)30-11-6-5-10-26(30)23-51-28-21-27(22-28)35(48)49/h5-7,10-12,16,20,24,27-28,32H,4,8-9,13-15,17-19,21-23H2,1-2H3,(H,48,49)/t27-,28-,32-,38+/m1/s1. The number of nitrogens with zero attached hydrogens (tertiary/aromatic N) is 4. The highest BCUT2D eigenvalue weighted by atomic mass is 32.1. The number of benzene rings is 1. The normalized spacial score (nSPS) is 24.2. The summed E-state index contributed by atoms with van der Waals surface area (Å²) in [5, 5.41) is 11.0. The number of hydrogen-bond acceptors (Lipinski definition) is 7. The number of aromatic nitrogens is 1. The number of likely N-dealkylation sites (tertiary alicyclic amines) is 2. The number of carboxylic acid groups (broad SMARTS) is 1. The summed E-state index contributed by atoms with van der Waals surface area (Å²) < 4.78 is 55.0. The van der Waals surface area contributed by atoms with Gasteiger partial charge in [0.15, 0.2) is 0 Å². The Labute approximate surface area is 310 Å². The summed E-state index contributed by atoms with van der Waals surface area (Å²) in [6.07, 6.45) is -0.869. The fourth-order valence-corrected chi connectivity index (χ4v) is 8.63. The van der Waals surface area contributed by atoms with Crippen LogP contribution in [0.3, 0.4) is 0 Å². The second-order valence-corrected chi connectivity index (χ2v) is 15.3. The lowest BCUT2D eigenvalue weighted by molar-refractivity contribution is -0.160. The van der Waals surface area contributed by atoms with E-state index in [-0.39, 0.29) is 44.7 Å². The molecule has 14 heteroatoms. The van der Waals surface area contributed by atoms with E-state index < -0.39 is 52.4 Å². The molecule has 2 atom stereocenters. The Kier molecular flexibility index (Phi) is 11.2. The zero-order chi connectivity index (χ0) is 38.0. The molecule has 2 saturated heterocycles. The van der Waals surface area contributed by atoms with E-state index in [2.05, 4.69) is 9.83 Å². The Morgan fingerprint density at radius 2 is 1.83 bits per heavy atom. The highest BCUT2D eigenvalue weighted by Gasteiger charge is 2.57. The van der Waals surface area contributed by atoms with E-state index in [1.807, 2.05) is 44.2 Å². The first-order valence-electron chi connectivity index (χ1n) is 18.0. The molecular formula is C39H43F3N4O6S. The van der Waals surface area contributed by atoms with Gasteiger partial charge in [0, 0.05) is 60.9 Å². The molecule has 3 fully saturated rings. The van der Waals surface area contributed by atoms with Crippen molar-refractivity contribution in [3.05, 3.63) is 92.7 Å². The minimum absolute atomic E-state index is 0.135. The van der Waals surface area contributed by atoms with Crippen LogP contribution in [0.1, 0.15) is 90.3 Å². The number of carboxylic acids is 1. The van der Waals surface area contributed by atoms with E-state index >= 15 is 4.79 Å². The van der Waals surface area contributed by atoms with Gasteiger partial charge < -0.3 is 29.2 Å². The molecule has 1 N–H and O–H groups in total. The van der Waals surface area contributed by atoms with Gasteiger partial charge in [0.1, 0.15) is 11.4 Å². The van der Waals surface area contributed by atoms with Crippen molar-refractivity contribution in [2.24, 2.45) is 5.92 Å². The van der Waals surface area contributed by atoms with Crippen molar-refractivity contribution in [3.8, 4) is 5.75 Å². The predicted molar refractivity (Wildman–Crippen MR) is 190 cm³/mol. The summed E-state index contributed by atoms with van der Waals surface area (Å²) in [4.78, 5) is 52.4. The number of ether oxygens (including phenoxy) is 2. The Hall–Kier alpha value is -4.48. The van der Waals surface area contributed by atoms with E-state index in [0.717, 1.165) is 34.3 Å². The molecule has 0 radical (unpaired) electrons. The van der Waals surface area contributed by atoms with Crippen molar-refractivity contribution < 1.29 is 42.1 Å². The summed E-state index contributed by atoms with van der Waals surface area (Å²) >= 11 is 1.44. The number of hydrogen-bond donors (Lipinski definition) is 1. The predicted octanol–water partition coefficient (Wildman–Crippen LogP) is 7.51. The molecule has 1 aliphatic carbocycles. The van der Waals surface area contributed by atoms with Crippen LogP contribution in [0.15, 0.2) is 54.0 Å². The van der Waals surface area contributed by atoms with Crippen LogP contribution in [-0.4, -0.2) is 75.1 Å². The zero-order valence-corrected chi connectivity index (χ0v) is 30.5. The molecule has 3 aromatic rings. The van der Waals surface area contributed by atoms with Gasteiger partial charge in [-0.1, -0.05) is 37.6 Å². The van der Waals surface area contributed by atoms with E-state index in [1.165, 1.54) is 16.2 Å². The molecule has 2 aromatic heterocycles. The second-order valence-electron chi connectivity index (χ2n) is 14.2. The lowest BCUT2D eigenvalue weighted by Crippen LogP contribution is -2.68. The van der Waals surface area contributed by atoms with Gasteiger partial charge >= 0.3 is 12.1 Å². The summed E-state index contributed by atoms with van der Waals surface area (Å²) in [6.45, 7) is 13.0. The van der Waals surface area contributed by atoms with Crippen LogP contribution in [0.5, 0.6) is 5.75 Å². The molecule has 1 aromatic carbocycles. The Morgan fingerprint density at radius 1 is 1.09 bits per heavy atom. The van der Waals surface area contributed by atoms with Crippen LogP contribution in [0.25, 0.3) is 4.85 Å². The van der Waals surface area contributed by atoms with Crippen LogP contribution in [-0.2, 0) is 32.6 Å².